The van der Waals surface area contributed by atoms with Crippen LogP contribution in [-0.4, -0.2) is 11.3 Å². The average molecular weight is 572 g/mol. The van der Waals surface area contributed by atoms with E-state index in [1.165, 1.54) is 27.8 Å². The lowest BCUT2D eigenvalue weighted by atomic mass is 9.78. The summed E-state index contributed by atoms with van der Waals surface area (Å²) in [6, 6.07) is 51.3. The first-order valence-electron chi connectivity index (χ1n) is 15.2. The first-order chi connectivity index (χ1) is 21.5. The van der Waals surface area contributed by atoms with Crippen molar-refractivity contribution in [1.29, 1.82) is 0 Å². The lowest BCUT2D eigenvalue weighted by molar-refractivity contribution is 0.470. The first-order valence-corrected chi connectivity index (χ1v) is 15.2. The van der Waals surface area contributed by atoms with Crippen molar-refractivity contribution in [1.82, 2.24) is 0 Å². The summed E-state index contributed by atoms with van der Waals surface area (Å²) in [6.07, 6.45) is 1.84. The summed E-state index contributed by atoms with van der Waals surface area (Å²) in [4.78, 5) is 5.32. The molecule has 1 N–H and O–H groups in total. The van der Waals surface area contributed by atoms with Crippen molar-refractivity contribution in [3.8, 4) is 5.75 Å². The lowest BCUT2D eigenvalue weighted by Crippen LogP contribution is -2.09. The van der Waals surface area contributed by atoms with E-state index in [9.17, 15) is 5.11 Å². The molecule has 44 heavy (non-hydrogen) atoms. The van der Waals surface area contributed by atoms with E-state index in [4.69, 9.17) is 4.99 Å². The molecule has 0 aromatic heterocycles. The molecule has 0 aliphatic heterocycles. The Labute approximate surface area is 261 Å². The average Bonchev–Trinajstić information content (AvgIpc) is 3.05. The molecule has 0 amide bonds. The highest BCUT2D eigenvalue weighted by Crippen LogP contribution is 2.45. The number of aromatic hydroxyl groups is 1. The quantitative estimate of drug-likeness (QED) is 0.143. The van der Waals surface area contributed by atoms with Gasteiger partial charge in [0.1, 0.15) is 5.75 Å². The largest absolute Gasteiger partial charge is 0.507 e. The summed E-state index contributed by atoms with van der Waals surface area (Å²) in [5.74, 6) is 0.186. The van der Waals surface area contributed by atoms with Gasteiger partial charge in [-0.05, 0) is 71.3 Å². The van der Waals surface area contributed by atoms with Crippen LogP contribution in [0.4, 0.5) is 5.69 Å². The predicted octanol–water partition coefficient (Wildman–Crippen LogP) is 10.4. The first kappa shape index (κ1) is 28.9. The number of hydrogen-bond acceptors (Lipinski definition) is 2. The van der Waals surface area contributed by atoms with Crippen molar-refractivity contribution in [2.24, 2.45) is 4.99 Å². The number of aryl methyl sites for hydroxylation is 3. The Bertz CT molecular complexity index is 1690. The molecule has 6 aromatic rings. The van der Waals surface area contributed by atoms with Crippen LogP contribution in [0.5, 0.6) is 5.75 Å². The maximum Gasteiger partial charge on any atom is 0.127 e. The van der Waals surface area contributed by atoms with Crippen LogP contribution >= 0.6 is 0 Å². The van der Waals surface area contributed by atoms with Gasteiger partial charge in [-0.2, -0.15) is 0 Å². The zero-order chi connectivity index (χ0) is 30.5. The topological polar surface area (TPSA) is 32.6 Å². The highest BCUT2D eigenvalue weighted by atomic mass is 16.3. The minimum atomic E-state index is -0.0387. The second kappa shape index (κ2) is 13.0. The standard InChI is InChI=1S/C42H37NO/c1-29-24-31(3)42(44)36(25-29)28-43-41-37(39(32-16-8-4-9-17-32)33-18-10-5-11-19-33)26-30(2)27-38(41)40(34-20-12-6-13-21-34)35-22-14-7-15-23-35/h4-28,39-40,44H,1-3H3. The number of benzene rings is 6. The van der Waals surface area contributed by atoms with Gasteiger partial charge in [-0.25, -0.2) is 0 Å². The van der Waals surface area contributed by atoms with Crippen LogP contribution in [-0.2, 0) is 0 Å². The predicted molar refractivity (Wildman–Crippen MR) is 184 cm³/mol. The number of phenols is 1. The van der Waals surface area contributed by atoms with Crippen LogP contribution in [0, 0.1) is 20.8 Å². The number of rotatable bonds is 8. The van der Waals surface area contributed by atoms with Crippen LogP contribution in [0.2, 0.25) is 0 Å². The van der Waals surface area contributed by atoms with E-state index < -0.39 is 0 Å². The van der Waals surface area contributed by atoms with E-state index in [1.54, 1.807) is 0 Å². The molecule has 0 fully saturated rings. The Kier molecular flexibility index (Phi) is 8.52. The number of hydrogen-bond donors (Lipinski definition) is 1. The molecule has 6 aromatic carbocycles. The van der Waals surface area contributed by atoms with Crippen LogP contribution in [0.3, 0.4) is 0 Å². The maximum absolute atomic E-state index is 11.0. The van der Waals surface area contributed by atoms with Gasteiger partial charge in [0, 0.05) is 23.6 Å². The van der Waals surface area contributed by atoms with Crippen molar-refractivity contribution in [3.05, 3.63) is 201 Å². The fourth-order valence-corrected chi connectivity index (χ4v) is 6.34. The Morgan fingerprint density at radius 1 is 0.500 bits per heavy atom. The fourth-order valence-electron chi connectivity index (χ4n) is 6.34. The third-order valence-corrected chi connectivity index (χ3v) is 8.27. The molecule has 0 saturated carbocycles. The van der Waals surface area contributed by atoms with Crippen molar-refractivity contribution in [2.75, 3.05) is 0 Å². The minimum absolute atomic E-state index is 0.0387. The molecule has 0 atom stereocenters. The van der Waals surface area contributed by atoms with E-state index in [0.29, 0.717) is 5.56 Å². The smallest absolute Gasteiger partial charge is 0.127 e. The summed E-state index contributed by atoms with van der Waals surface area (Å²) >= 11 is 0. The van der Waals surface area contributed by atoms with Crippen molar-refractivity contribution in [3.63, 3.8) is 0 Å². The van der Waals surface area contributed by atoms with Crippen molar-refractivity contribution in [2.45, 2.75) is 32.6 Å². The van der Waals surface area contributed by atoms with Gasteiger partial charge in [-0.3, -0.25) is 4.99 Å². The van der Waals surface area contributed by atoms with Crippen LogP contribution in [0.15, 0.2) is 151 Å². The van der Waals surface area contributed by atoms with E-state index >= 15 is 0 Å². The molecule has 6 rings (SSSR count). The molecular weight excluding hydrogens is 534 g/mol. The second-order valence-electron chi connectivity index (χ2n) is 11.6. The van der Waals surface area contributed by atoms with E-state index in [0.717, 1.165) is 27.9 Å². The zero-order valence-electron chi connectivity index (χ0n) is 25.5. The second-order valence-corrected chi connectivity index (χ2v) is 11.6. The molecule has 0 unspecified atom stereocenters. The Hall–Kier alpha value is -5.21. The number of nitrogens with zero attached hydrogens (tertiary/aromatic N) is 1. The van der Waals surface area contributed by atoms with Gasteiger partial charge in [0.15, 0.2) is 0 Å². The highest BCUT2D eigenvalue weighted by molar-refractivity contribution is 5.87. The van der Waals surface area contributed by atoms with E-state index in [1.807, 2.05) is 32.2 Å². The number of aliphatic imine (C=N–C) groups is 1. The fraction of sp³-hybridized carbons (Fsp3) is 0.119. The van der Waals surface area contributed by atoms with Gasteiger partial charge in [0.2, 0.25) is 0 Å². The third-order valence-electron chi connectivity index (χ3n) is 8.27. The lowest BCUT2D eigenvalue weighted by Gasteiger charge is -2.27. The molecule has 0 aliphatic carbocycles. The zero-order valence-corrected chi connectivity index (χ0v) is 25.5. The highest BCUT2D eigenvalue weighted by Gasteiger charge is 2.27. The summed E-state index contributed by atoms with van der Waals surface area (Å²) in [5.41, 5.74) is 11.8. The third kappa shape index (κ3) is 6.11. The van der Waals surface area contributed by atoms with Gasteiger partial charge in [0.05, 0.1) is 5.69 Å². The summed E-state index contributed by atoms with van der Waals surface area (Å²) in [6.45, 7) is 6.16. The Balaban J connectivity index is 1.68. The monoisotopic (exact) mass is 571 g/mol. The maximum atomic E-state index is 11.0. The van der Waals surface area contributed by atoms with Crippen molar-refractivity contribution < 1.29 is 5.11 Å². The summed E-state index contributed by atoms with van der Waals surface area (Å²) in [5, 5.41) is 11.0. The van der Waals surface area contributed by atoms with E-state index in [2.05, 4.69) is 140 Å². The minimum Gasteiger partial charge on any atom is -0.507 e. The molecular formula is C42H37NO. The Morgan fingerprint density at radius 3 is 1.25 bits per heavy atom. The van der Waals surface area contributed by atoms with Crippen LogP contribution in [0.25, 0.3) is 0 Å². The van der Waals surface area contributed by atoms with Crippen LogP contribution < -0.4 is 0 Å². The molecule has 0 bridgehead atoms. The number of phenolic OH excluding ortho intramolecular Hbond substituents is 1. The molecule has 216 valence electrons. The molecule has 0 radical (unpaired) electrons. The van der Waals surface area contributed by atoms with Gasteiger partial charge in [0.25, 0.3) is 0 Å². The van der Waals surface area contributed by atoms with Crippen LogP contribution in [0.1, 0.15) is 67.5 Å². The summed E-state index contributed by atoms with van der Waals surface area (Å²) < 4.78 is 0. The molecule has 0 aliphatic rings. The summed E-state index contributed by atoms with van der Waals surface area (Å²) in [7, 11) is 0. The van der Waals surface area contributed by atoms with Gasteiger partial charge in [-0.1, -0.05) is 145 Å². The molecule has 2 heteroatoms. The molecule has 2 nitrogen and oxygen atoms in total. The van der Waals surface area contributed by atoms with E-state index in [-0.39, 0.29) is 17.6 Å². The van der Waals surface area contributed by atoms with Gasteiger partial charge < -0.3 is 5.11 Å². The SMILES string of the molecule is Cc1cc(C)c(O)c(C=Nc2c(C(c3ccccc3)c3ccccc3)cc(C)cc2C(c2ccccc2)c2ccccc2)c1. The molecule has 0 heterocycles. The Morgan fingerprint density at radius 2 is 0.864 bits per heavy atom. The molecule has 0 saturated heterocycles. The van der Waals surface area contributed by atoms with Gasteiger partial charge >= 0.3 is 0 Å². The van der Waals surface area contributed by atoms with Crippen molar-refractivity contribution >= 4 is 11.9 Å². The normalized spacial score (nSPS) is 11.5. The molecule has 0 spiro atoms. The van der Waals surface area contributed by atoms with Gasteiger partial charge in [-0.15, -0.1) is 0 Å².